The summed E-state index contributed by atoms with van der Waals surface area (Å²) in [5.41, 5.74) is 1.66. The molecule has 0 aromatic heterocycles. The minimum Gasteiger partial charge on any atom is -0.352 e. The number of carbonyl (C=O) groups is 2. The van der Waals surface area contributed by atoms with E-state index in [4.69, 9.17) is 0 Å². The highest BCUT2D eigenvalue weighted by atomic mass is 16.2. The number of carbonyl (C=O) groups excluding carboxylic acids is 2. The van der Waals surface area contributed by atoms with Gasteiger partial charge in [0.15, 0.2) is 0 Å². The maximum atomic E-state index is 12.1. The van der Waals surface area contributed by atoms with E-state index in [2.05, 4.69) is 22.8 Å². The minimum atomic E-state index is -0.0519. The third kappa shape index (κ3) is 5.23. The third-order valence-corrected chi connectivity index (χ3v) is 4.31. The zero-order chi connectivity index (χ0) is 16.7. The second-order valence-electron chi connectivity index (χ2n) is 6.18. The lowest BCUT2D eigenvalue weighted by Gasteiger charge is -2.17. The molecule has 0 saturated heterocycles. The van der Waals surface area contributed by atoms with Crippen LogP contribution in [0.4, 0.5) is 0 Å². The molecule has 1 aromatic rings. The minimum absolute atomic E-state index is 0.0519. The molecular formula is C19H26N2O2. The van der Waals surface area contributed by atoms with Gasteiger partial charge in [-0.3, -0.25) is 9.59 Å². The van der Waals surface area contributed by atoms with E-state index in [1.165, 1.54) is 0 Å². The molecule has 0 unspecified atom stereocenters. The first-order chi connectivity index (χ1) is 11.1. The fourth-order valence-electron chi connectivity index (χ4n) is 2.55. The van der Waals surface area contributed by atoms with Crippen molar-refractivity contribution in [2.45, 2.75) is 52.1 Å². The number of amides is 2. The van der Waals surface area contributed by atoms with Gasteiger partial charge in [0.1, 0.15) is 0 Å². The summed E-state index contributed by atoms with van der Waals surface area (Å²) < 4.78 is 0. The van der Waals surface area contributed by atoms with Gasteiger partial charge in [0, 0.05) is 24.1 Å². The first-order valence-corrected chi connectivity index (χ1v) is 8.42. The lowest BCUT2D eigenvalue weighted by molar-refractivity contribution is -0.125. The Kier molecular flexibility index (Phi) is 6.39. The Bertz CT molecular complexity index is 563. The molecule has 1 aliphatic rings. The Morgan fingerprint density at radius 1 is 1.22 bits per heavy atom. The predicted octanol–water partition coefficient (Wildman–Crippen LogP) is 3.19. The van der Waals surface area contributed by atoms with Crippen molar-refractivity contribution in [3.8, 4) is 0 Å². The number of allylic oxidation sites excluding steroid dienone is 2. The van der Waals surface area contributed by atoms with Crippen LogP contribution in [-0.4, -0.2) is 17.9 Å². The Labute approximate surface area is 138 Å². The van der Waals surface area contributed by atoms with Crippen molar-refractivity contribution < 1.29 is 9.59 Å². The van der Waals surface area contributed by atoms with Gasteiger partial charge >= 0.3 is 0 Å². The predicted molar refractivity (Wildman–Crippen MR) is 92.0 cm³/mol. The summed E-state index contributed by atoms with van der Waals surface area (Å²) >= 11 is 0. The molecular weight excluding hydrogens is 288 g/mol. The summed E-state index contributed by atoms with van der Waals surface area (Å²) in [7, 11) is 0. The van der Waals surface area contributed by atoms with Gasteiger partial charge in [-0.05, 0) is 50.3 Å². The molecule has 4 heteroatoms. The van der Waals surface area contributed by atoms with Gasteiger partial charge in [0.2, 0.25) is 5.91 Å². The second kappa shape index (κ2) is 8.51. The van der Waals surface area contributed by atoms with Crippen LogP contribution >= 0.6 is 0 Å². The molecule has 1 aliphatic carbocycles. The van der Waals surface area contributed by atoms with Crippen LogP contribution in [-0.2, 0) is 11.3 Å². The summed E-state index contributed by atoms with van der Waals surface area (Å²) in [6.45, 7) is 4.54. The first-order valence-electron chi connectivity index (χ1n) is 8.42. The van der Waals surface area contributed by atoms with E-state index in [0.717, 1.165) is 31.2 Å². The Morgan fingerprint density at radius 3 is 2.57 bits per heavy atom. The summed E-state index contributed by atoms with van der Waals surface area (Å²) in [5.74, 6) is 0.164. The number of hydrogen-bond donors (Lipinski definition) is 2. The molecule has 0 radical (unpaired) electrons. The van der Waals surface area contributed by atoms with Gasteiger partial charge in [-0.15, -0.1) is 0 Å². The van der Waals surface area contributed by atoms with Crippen LogP contribution in [0.15, 0.2) is 36.4 Å². The topological polar surface area (TPSA) is 58.2 Å². The zero-order valence-corrected chi connectivity index (χ0v) is 14.0. The Hall–Kier alpha value is -2.10. The second-order valence-corrected chi connectivity index (χ2v) is 6.18. The SMILES string of the molecule is CC[C@@H](C)NC(=O)c1ccc(CNC(=O)[C@@H]2CC=CCC2)cc1. The molecule has 2 atom stereocenters. The monoisotopic (exact) mass is 314 g/mol. The average Bonchev–Trinajstić information content (AvgIpc) is 2.60. The van der Waals surface area contributed by atoms with E-state index in [1.54, 1.807) is 0 Å². The van der Waals surface area contributed by atoms with Crippen molar-refractivity contribution in [2.75, 3.05) is 0 Å². The molecule has 1 aromatic carbocycles. The van der Waals surface area contributed by atoms with E-state index >= 15 is 0 Å². The zero-order valence-electron chi connectivity index (χ0n) is 14.0. The number of hydrogen-bond acceptors (Lipinski definition) is 2. The summed E-state index contributed by atoms with van der Waals surface area (Å²) in [6, 6.07) is 7.58. The lowest BCUT2D eigenvalue weighted by atomic mass is 9.93. The van der Waals surface area contributed by atoms with Gasteiger partial charge in [0.25, 0.3) is 5.91 Å². The highest BCUT2D eigenvalue weighted by molar-refractivity contribution is 5.94. The lowest BCUT2D eigenvalue weighted by Crippen LogP contribution is -2.32. The largest absolute Gasteiger partial charge is 0.352 e. The van der Waals surface area contributed by atoms with Crippen molar-refractivity contribution in [3.63, 3.8) is 0 Å². The Balaban J connectivity index is 1.84. The first kappa shape index (κ1) is 17.3. The average molecular weight is 314 g/mol. The normalized spacial score (nSPS) is 18.3. The molecule has 0 spiro atoms. The van der Waals surface area contributed by atoms with Crippen molar-refractivity contribution in [1.29, 1.82) is 0 Å². The van der Waals surface area contributed by atoms with Crippen LogP contribution < -0.4 is 10.6 Å². The van der Waals surface area contributed by atoms with E-state index in [9.17, 15) is 9.59 Å². The van der Waals surface area contributed by atoms with Gasteiger partial charge in [-0.2, -0.15) is 0 Å². The maximum absolute atomic E-state index is 12.1. The molecule has 0 heterocycles. The molecule has 2 N–H and O–H groups in total. The number of benzene rings is 1. The van der Waals surface area contributed by atoms with Crippen molar-refractivity contribution >= 4 is 11.8 Å². The molecule has 0 saturated carbocycles. The van der Waals surface area contributed by atoms with E-state index in [1.807, 2.05) is 38.1 Å². The molecule has 0 aliphatic heterocycles. The van der Waals surface area contributed by atoms with Crippen LogP contribution in [0.5, 0.6) is 0 Å². The van der Waals surface area contributed by atoms with E-state index < -0.39 is 0 Å². The van der Waals surface area contributed by atoms with Gasteiger partial charge in [-0.1, -0.05) is 31.2 Å². The Morgan fingerprint density at radius 2 is 1.96 bits per heavy atom. The summed E-state index contributed by atoms with van der Waals surface area (Å²) in [5, 5.41) is 5.93. The van der Waals surface area contributed by atoms with Gasteiger partial charge in [0.05, 0.1) is 0 Å². The van der Waals surface area contributed by atoms with Crippen LogP contribution in [0, 0.1) is 5.92 Å². The van der Waals surface area contributed by atoms with E-state index in [-0.39, 0.29) is 23.8 Å². The van der Waals surface area contributed by atoms with Crippen LogP contribution in [0.3, 0.4) is 0 Å². The molecule has 124 valence electrons. The fourth-order valence-corrected chi connectivity index (χ4v) is 2.55. The summed E-state index contributed by atoms with van der Waals surface area (Å²) in [6.07, 6.45) is 7.87. The van der Waals surface area contributed by atoms with Crippen molar-refractivity contribution in [2.24, 2.45) is 5.92 Å². The fraction of sp³-hybridized carbons (Fsp3) is 0.474. The van der Waals surface area contributed by atoms with Crippen molar-refractivity contribution in [1.82, 2.24) is 10.6 Å². The molecule has 0 fully saturated rings. The van der Waals surface area contributed by atoms with Crippen LogP contribution in [0.25, 0.3) is 0 Å². The van der Waals surface area contributed by atoms with Crippen LogP contribution in [0.2, 0.25) is 0 Å². The summed E-state index contributed by atoms with van der Waals surface area (Å²) in [4.78, 5) is 24.1. The molecule has 2 amide bonds. The third-order valence-electron chi connectivity index (χ3n) is 4.31. The number of nitrogens with one attached hydrogen (secondary N) is 2. The van der Waals surface area contributed by atoms with Crippen LogP contribution in [0.1, 0.15) is 55.5 Å². The molecule has 2 rings (SSSR count). The standard InChI is InChI=1S/C19H26N2O2/c1-3-14(2)21-19(23)17-11-9-15(10-12-17)13-20-18(22)16-7-5-4-6-8-16/h4-5,9-12,14,16H,3,6-8,13H2,1-2H3,(H,20,22)(H,21,23)/t14-,16-/m1/s1. The van der Waals surface area contributed by atoms with Crippen molar-refractivity contribution in [3.05, 3.63) is 47.5 Å². The highest BCUT2D eigenvalue weighted by Gasteiger charge is 2.18. The maximum Gasteiger partial charge on any atom is 0.251 e. The highest BCUT2D eigenvalue weighted by Crippen LogP contribution is 2.18. The quantitative estimate of drug-likeness (QED) is 0.792. The molecule has 4 nitrogen and oxygen atoms in total. The molecule has 23 heavy (non-hydrogen) atoms. The number of rotatable bonds is 6. The van der Waals surface area contributed by atoms with Gasteiger partial charge < -0.3 is 10.6 Å². The van der Waals surface area contributed by atoms with Gasteiger partial charge in [-0.25, -0.2) is 0 Å². The molecule has 0 bridgehead atoms. The van der Waals surface area contributed by atoms with E-state index in [0.29, 0.717) is 12.1 Å². The smallest absolute Gasteiger partial charge is 0.251 e.